The first-order chi connectivity index (χ1) is 5.79. The minimum Gasteiger partial charge on any atom is -0.0798 e. The molecular weight excluding hydrogens is 212 g/mol. The fourth-order valence-corrected chi connectivity index (χ4v) is 2.24. The minimum absolute atomic E-state index is 0.407. The first-order valence-electron chi connectivity index (χ1n) is 4.20. The molecule has 0 saturated heterocycles. The Kier molecular flexibility index (Phi) is 2.05. The number of hydrogen-bond acceptors (Lipinski definition) is 0. The summed E-state index contributed by atoms with van der Waals surface area (Å²) in [7, 11) is 0. The van der Waals surface area contributed by atoms with Crippen LogP contribution in [0.4, 0.5) is 0 Å². The Balaban J connectivity index is 2.54. The van der Waals surface area contributed by atoms with Gasteiger partial charge in [0.25, 0.3) is 0 Å². The van der Waals surface area contributed by atoms with Crippen molar-refractivity contribution in [1.29, 1.82) is 0 Å². The second kappa shape index (κ2) is 3.06. The summed E-state index contributed by atoms with van der Waals surface area (Å²) >= 11 is 3.63. The Morgan fingerprint density at radius 3 is 2.42 bits per heavy atom. The molecule has 2 rings (SSSR count). The van der Waals surface area contributed by atoms with Crippen LogP contribution in [0.2, 0.25) is 0 Å². The highest BCUT2D eigenvalue weighted by Crippen LogP contribution is 2.36. The van der Waals surface area contributed by atoms with E-state index in [0.29, 0.717) is 10.7 Å². The maximum Gasteiger partial charge on any atom is 0.0578 e. The quantitative estimate of drug-likeness (QED) is 0.463. The zero-order valence-electron chi connectivity index (χ0n) is 7.00. The Hall–Kier alpha value is -0.560. The lowest BCUT2D eigenvalue weighted by molar-refractivity contribution is 0.905. The van der Waals surface area contributed by atoms with Crippen molar-refractivity contribution in [2.45, 2.75) is 17.7 Å². The van der Waals surface area contributed by atoms with Gasteiger partial charge in [0.05, 0.1) is 4.83 Å². The van der Waals surface area contributed by atoms with E-state index in [2.05, 4.69) is 59.3 Å². The van der Waals surface area contributed by atoms with Gasteiger partial charge in [0.15, 0.2) is 0 Å². The van der Waals surface area contributed by atoms with Crippen molar-refractivity contribution in [3.8, 4) is 0 Å². The summed E-state index contributed by atoms with van der Waals surface area (Å²) in [6, 6.07) is 8.60. The lowest BCUT2D eigenvalue weighted by Crippen LogP contribution is -2.02. The van der Waals surface area contributed by atoms with Crippen LogP contribution in [0.3, 0.4) is 0 Å². The summed E-state index contributed by atoms with van der Waals surface area (Å²) in [5.41, 5.74) is 2.86. The molecule has 0 aliphatic heterocycles. The molecule has 2 unspecified atom stereocenters. The second-order valence-electron chi connectivity index (χ2n) is 3.20. The van der Waals surface area contributed by atoms with Gasteiger partial charge >= 0.3 is 0 Å². The molecule has 0 N–H and O–H groups in total. The molecule has 1 aliphatic rings. The summed E-state index contributed by atoms with van der Waals surface area (Å²) in [4.78, 5) is 0.407. The SMILES string of the molecule is CC1C=CC(Br)c2ccccc21. The van der Waals surface area contributed by atoms with Gasteiger partial charge in [-0.3, -0.25) is 0 Å². The molecule has 0 radical (unpaired) electrons. The monoisotopic (exact) mass is 222 g/mol. The maximum absolute atomic E-state index is 3.63. The molecule has 12 heavy (non-hydrogen) atoms. The Morgan fingerprint density at radius 2 is 1.75 bits per heavy atom. The highest BCUT2D eigenvalue weighted by Gasteiger charge is 2.16. The zero-order chi connectivity index (χ0) is 8.55. The molecule has 0 bridgehead atoms. The molecule has 0 aromatic heterocycles. The summed E-state index contributed by atoms with van der Waals surface area (Å²) < 4.78 is 0. The van der Waals surface area contributed by atoms with Crippen molar-refractivity contribution in [2.75, 3.05) is 0 Å². The normalized spacial score (nSPS) is 26.8. The van der Waals surface area contributed by atoms with Gasteiger partial charge < -0.3 is 0 Å². The molecule has 2 atom stereocenters. The lowest BCUT2D eigenvalue weighted by atomic mass is 9.89. The van der Waals surface area contributed by atoms with E-state index in [4.69, 9.17) is 0 Å². The summed E-state index contributed by atoms with van der Waals surface area (Å²) in [6.45, 7) is 2.23. The molecule has 0 fully saturated rings. The molecule has 1 aromatic rings. The predicted octanol–water partition coefficient (Wildman–Crippen LogP) is 3.80. The van der Waals surface area contributed by atoms with Crippen molar-refractivity contribution in [1.82, 2.24) is 0 Å². The third-order valence-corrected chi connectivity index (χ3v) is 3.15. The molecule has 0 saturated carbocycles. The largest absolute Gasteiger partial charge is 0.0798 e. The highest BCUT2D eigenvalue weighted by molar-refractivity contribution is 9.09. The average Bonchev–Trinajstić information content (AvgIpc) is 2.12. The Labute approximate surface area is 81.4 Å². The van der Waals surface area contributed by atoms with E-state index in [1.807, 2.05) is 0 Å². The van der Waals surface area contributed by atoms with Crippen LogP contribution in [-0.4, -0.2) is 0 Å². The van der Waals surface area contributed by atoms with E-state index in [0.717, 1.165) is 0 Å². The first kappa shape index (κ1) is 8.06. The molecule has 0 spiro atoms. The number of hydrogen-bond donors (Lipinski definition) is 0. The van der Waals surface area contributed by atoms with Crippen LogP contribution in [-0.2, 0) is 0 Å². The summed E-state index contributed by atoms with van der Waals surface area (Å²) in [5, 5.41) is 0. The second-order valence-corrected chi connectivity index (χ2v) is 4.19. The van der Waals surface area contributed by atoms with Gasteiger partial charge in [-0.05, 0) is 17.0 Å². The molecular formula is C11H11Br. The molecule has 1 aliphatic carbocycles. The van der Waals surface area contributed by atoms with Gasteiger partial charge in [0.2, 0.25) is 0 Å². The van der Waals surface area contributed by atoms with Gasteiger partial charge in [0, 0.05) is 0 Å². The fraction of sp³-hybridized carbons (Fsp3) is 0.273. The lowest BCUT2D eigenvalue weighted by Gasteiger charge is -2.20. The van der Waals surface area contributed by atoms with E-state index in [-0.39, 0.29) is 0 Å². The van der Waals surface area contributed by atoms with Crippen LogP contribution in [0, 0.1) is 0 Å². The fourth-order valence-electron chi connectivity index (χ4n) is 1.65. The molecule has 62 valence electrons. The Morgan fingerprint density at radius 1 is 1.08 bits per heavy atom. The van der Waals surface area contributed by atoms with E-state index < -0.39 is 0 Å². The predicted molar refractivity (Wildman–Crippen MR) is 55.7 cm³/mol. The molecule has 0 amide bonds. The standard InChI is InChI=1S/C11H11Br/c1-8-6-7-11(12)10-5-3-2-4-9(8)10/h2-8,11H,1H3. The average molecular weight is 223 g/mol. The third kappa shape index (κ3) is 1.22. The number of rotatable bonds is 0. The zero-order valence-corrected chi connectivity index (χ0v) is 8.58. The Bertz CT molecular complexity index is 284. The van der Waals surface area contributed by atoms with Crippen molar-refractivity contribution < 1.29 is 0 Å². The van der Waals surface area contributed by atoms with Crippen molar-refractivity contribution in [2.24, 2.45) is 0 Å². The van der Waals surface area contributed by atoms with Gasteiger partial charge in [0.1, 0.15) is 0 Å². The maximum atomic E-state index is 3.63. The van der Waals surface area contributed by atoms with Crippen LogP contribution in [0.5, 0.6) is 0 Å². The van der Waals surface area contributed by atoms with Crippen LogP contribution < -0.4 is 0 Å². The molecule has 1 aromatic carbocycles. The molecule has 1 heteroatoms. The summed E-state index contributed by atoms with van der Waals surface area (Å²) in [6.07, 6.45) is 4.47. The minimum atomic E-state index is 0.407. The van der Waals surface area contributed by atoms with E-state index >= 15 is 0 Å². The number of allylic oxidation sites excluding steroid dienone is 2. The number of alkyl halides is 1. The first-order valence-corrected chi connectivity index (χ1v) is 5.12. The number of fused-ring (bicyclic) bond motifs is 1. The van der Waals surface area contributed by atoms with E-state index in [1.165, 1.54) is 11.1 Å². The van der Waals surface area contributed by atoms with Crippen LogP contribution in [0.25, 0.3) is 0 Å². The van der Waals surface area contributed by atoms with Crippen molar-refractivity contribution >= 4 is 15.9 Å². The van der Waals surface area contributed by atoms with Gasteiger partial charge in [-0.2, -0.15) is 0 Å². The summed E-state index contributed by atoms with van der Waals surface area (Å²) in [5.74, 6) is 0.565. The number of halogens is 1. The van der Waals surface area contributed by atoms with E-state index in [1.54, 1.807) is 0 Å². The van der Waals surface area contributed by atoms with Crippen LogP contribution in [0.15, 0.2) is 36.4 Å². The smallest absolute Gasteiger partial charge is 0.0578 e. The molecule has 0 heterocycles. The van der Waals surface area contributed by atoms with Gasteiger partial charge in [-0.15, -0.1) is 0 Å². The van der Waals surface area contributed by atoms with Crippen LogP contribution in [0.1, 0.15) is 28.8 Å². The van der Waals surface area contributed by atoms with Crippen molar-refractivity contribution in [3.05, 3.63) is 47.5 Å². The topological polar surface area (TPSA) is 0 Å². The highest BCUT2D eigenvalue weighted by atomic mass is 79.9. The van der Waals surface area contributed by atoms with Crippen molar-refractivity contribution in [3.63, 3.8) is 0 Å². The van der Waals surface area contributed by atoms with Gasteiger partial charge in [-0.1, -0.05) is 59.3 Å². The molecule has 0 nitrogen and oxygen atoms in total. The number of benzene rings is 1. The van der Waals surface area contributed by atoms with E-state index in [9.17, 15) is 0 Å². The third-order valence-electron chi connectivity index (χ3n) is 2.35. The van der Waals surface area contributed by atoms with Gasteiger partial charge in [-0.25, -0.2) is 0 Å². The van der Waals surface area contributed by atoms with Crippen LogP contribution >= 0.6 is 15.9 Å².